The Morgan fingerprint density at radius 1 is 1.32 bits per heavy atom. The van der Waals surface area contributed by atoms with Crippen LogP contribution in [0.3, 0.4) is 0 Å². The molecule has 1 heterocycles. The third kappa shape index (κ3) is 2.78. The number of benzene rings is 1. The summed E-state index contributed by atoms with van der Waals surface area (Å²) in [5, 5.41) is 29.6. The number of carbonyl (C=O) groups excluding carboxylic acids is 1. The minimum absolute atomic E-state index is 0.0400. The zero-order valence-corrected chi connectivity index (χ0v) is 11.8. The summed E-state index contributed by atoms with van der Waals surface area (Å²) in [5.41, 5.74) is 5.16. The molecule has 3 rings (SSSR count). The molecule has 114 valence electrons. The highest BCUT2D eigenvalue weighted by Gasteiger charge is 2.21. The predicted octanol–water partition coefficient (Wildman–Crippen LogP) is 1.46. The van der Waals surface area contributed by atoms with E-state index in [0.29, 0.717) is 11.3 Å². The number of fused-ring (bicyclic) bond motifs is 1. The van der Waals surface area contributed by atoms with Crippen molar-refractivity contribution in [1.29, 1.82) is 0 Å². The molecule has 0 saturated carbocycles. The number of phenols is 2. The van der Waals surface area contributed by atoms with E-state index in [0.717, 1.165) is 36.9 Å². The second kappa shape index (κ2) is 5.88. The Hall–Kier alpha value is -2.83. The second-order valence-corrected chi connectivity index (χ2v) is 5.18. The molecule has 4 N–H and O–H groups in total. The van der Waals surface area contributed by atoms with Crippen LogP contribution in [0.25, 0.3) is 0 Å². The Kier molecular flexibility index (Phi) is 3.78. The molecule has 0 radical (unpaired) electrons. The minimum Gasteiger partial charge on any atom is -0.508 e. The van der Waals surface area contributed by atoms with Gasteiger partial charge in [0.15, 0.2) is 5.69 Å². The van der Waals surface area contributed by atoms with Crippen LogP contribution in [0.5, 0.6) is 11.5 Å². The average molecular weight is 300 g/mol. The molecule has 7 heteroatoms. The molecule has 1 aliphatic rings. The SMILES string of the molecule is O=C(N/N=C\c1ccc(O)cc1O)c1n[nH]c2c1CCCC2. The van der Waals surface area contributed by atoms with Gasteiger partial charge in [-0.05, 0) is 37.8 Å². The van der Waals surface area contributed by atoms with Crippen molar-refractivity contribution in [2.24, 2.45) is 5.10 Å². The van der Waals surface area contributed by atoms with E-state index in [9.17, 15) is 15.0 Å². The number of nitrogens with zero attached hydrogens (tertiary/aromatic N) is 2. The van der Waals surface area contributed by atoms with Crippen LogP contribution in [0.1, 0.15) is 40.2 Å². The topological polar surface area (TPSA) is 111 Å². The minimum atomic E-state index is -0.381. The van der Waals surface area contributed by atoms with Crippen LogP contribution >= 0.6 is 0 Å². The summed E-state index contributed by atoms with van der Waals surface area (Å²) in [5.74, 6) is -0.536. The number of phenolic OH excluding ortho intramolecular Hbond substituents is 2. The smallest absolute Gasteiger partial charge is 0.292 e. The zero-order chi connectivity index (χ0) is 15.5. The molecular weight excluding hydrogens is 284 g/mol. The number of H-pyrrole nitrogens is 1. The molecule has 0 spiro atoms. The van der Waals surface area contributed by atoms with Crippen molar-refractivity contribution in [2.75, 3.05) is 0 Å². The maximum absolute atomic E-state index is 12.1. The molecule has 7 nitrogen and oxygen atoms in total. The third-order valence-corrected chi connectivity index (χ3v) is 3.66. The van der Waals surface area contributed by atoms with Crippen LogP contribution in [0.15, 0.2) is 23.3 Å². The molecule has 0 aliphatic heterocycles. The van der Waals surface area contributed by atoms with Gasteiger partial charge in [0.05, 0.1) is 6.21 Å². The Bertz CT molecular complexity index is 736. The summed E-state index contributed by atoms with van der Waals surface area (Å²) in [6.45, 7) is 0. The van der Waals surface area contributed by atoms with Gasteiger partial charge in [-0.2, -0.15) is 10.2 Å². The highest BCUT2D eigenvalue weighted by Crippen LogP contribution is 2.22. The van der Waals surface area contributed by atoms with Crippen molar-refractivity contribution in [2.45, 2.75) is 25.7 Å². The van der Waals surface area contributed by atoms with E-state index in [1.54, 1.807) is 0 Å². The number of rotatable bonds is 3. The summed E-state index contributed by atoms with van der Waals surface area (Å²) in [4.78, 5) is 12.1. The Labute approximate surface area is 126 Å². The lowest BCUT2D eigenvalue weighted by atomic mass is 9.96. The van der Waals surface area contributed by atoms with Gasteiger partial charge in [0.1, 0.15) is 11.5 Å². The van der Waals surface area contributed by atoms with Gasteiger partial charge < -0.3 is 10.2 Å². The van der Waals surface area contributed by atoms with Crippen LogP contribution in [-0.4, -0.2) is 32.5 Å². The van der Waals surface area contributed by atoms with Gasteiger partial charge in [0.25, 0.3) is 5.91 Å². The first-order valence-corrected chi connectivity index (χ1v) is 7.06. The number of hydrazone groups is 1. The molecule has 0 bridgehead atoms. The van der Waals surface area contributed by atoms with E-state index in [-0.39, 0.29) is 17.4 Å². The Morgan fingerprint density at radius 3 is 2.95 bits per heavy atom. The number of carbonyl (C=O) groups is 1. The van der Waals surface area contributed by atoms with Gasteiger partial charge in [-0.25, -0.2) is 5.43 Å². The van der Waals surface area contributed by atoms with Gasteiger partial charge in [-0.15, -0.1) is 0 Å². The first-order chi connectivity index (χ1) is 10.6. The monoisotopic (exact) mass is 300 g/mol. The summed E-state index contributed by atoms with van der Waals surface area (Å²) in [7, 11) is 0. The first kappa shape index (κ1) is 14.1. The van der Waals surface area contributed by atoms with Crippen molar-refractivity contribution >= 4 is 12.1 Å². The number of hydrogen-bond acceptors (Lipinski definition) is 5. The molecule has 2 aromatic rings. The van der Waals surface area contributed by atoms with Gasteiger partial charge in [-0.3, -0.25) is 9.89 Å². The third-order valence-electron chi connectivity index (χ3n) is 3.66. The number of aromatic nitrogens is 2. The standard InChI is InChI=1S/C15H16N4O3/c20-10-6-5-9(13(21)7-10)8-16-19-15(22)14-11-3-1-2-4-12(11)17-18-14/h5-8,20-21H,1-4H2,(H,17,18)(H,19,22)/b16-8-. The maximum atomic E-state index is 12.1. The Balaban J connectivity index is 1.70. The highest BCUT2D eigenvalue weighted by atomic mass is 16.3. The fraction of sp³-hybridized carbons (Fsp3) is 0.267. The zero-order valence-electron chi connectivity index (χ0n) is 11.8. The molecule has 1 amide bonds. The highest BCUT2D eigenvalue weighted by molar-refractivity contribution is 5.95. The van der Waals surface area contributed by atoms with Crippen molar-refractivity contribution < 1.29 is 15.0 Å². The van der Waals surface area contributed by atoms with Crippen molar-refractivity contribution in [3.05, 3.63) is 40.7 Å². The fourth-order valence-electron chi connectivity index (χ4n) is 2.52. The van der Waals surface area contributed by atoms with E-state index >= 15 is 0 Å². The van der Waals surface area contributed by atoms with Crippen molar-refractivity contribution in [3.8, 4) is 11.5 Å². The summed E-state index contributed by atoms with van der Waals surface area (Å²) >= 11 is 0. The molecule has 1 aromatic carbocycles. The molecular formula is C15H16N4O3. The quantitative estimate of drug-likeness (QED) is 0.508. The van der Waals surface area contributed by atoms with E-state index < -0.39 is 0 Å². The van der Waals surface area contributed by atoms with E-state index in [1.807, 2.05) is 0 Å². The van der Waals surface area contributed by atoms with E-state index in [2.05, 4.69) is 20.7 Å². The predicted molar refractivity (Wildman–Crippen MR) is 80.1 cm³/mol. The average Bonchev–Trinajstić information content (AvgIpc) is 2.93. The van der Waals surface area contributed by atoms with Gasteiger partial charge >= 0.3 is 0 Å². The largest absolute Gasteiger partial charge is 0.508 e. The maximum Gasteiger partial charge on any atom is 0.292 e. The van der Waals surface area contributed by atoms with E-state index in [1.165, 1.54) is 24.4 Å². The number of amides is 1. The van der Waals surface area contributed by atoms with Gasteiger partial charge in [0.2, 0.25) is 0 Å². The first-order valence-electron chi connectivity index (χ1n) is 7.06. The van der Waals surface area contributed by atoms with Crippen LogP contribution in [0.2, 0.25) is 0 Å². The number of aryl methyl sites for hydroxylation is 1. The molecule has 0 fully saturated rings. The molecule has 0 unspecified atom stereocenters. The molecule has 0 atom stereocenters. The normalized spacial score (nSPS) is 14.0. The lowest BCUT2D eigenvalue weighted by Crippen LogP contribution is -2.20. The molecule has 0 saturated heterocycles. The lowest BCUT2D eigenvalue weighted by Gasteiger charge is -2.10. The van der Waals surface area contributed by atoms with Crippen molar-refractivity contribution in [1.82, 2.24) is 15.6 Å². The molecule has 1 aromatic heterocycles. The fourth-order valence-corrected chi connectivity index (χ4v) is 2.52. The van der Waals surface area contributed by atoms with Gasteiger partial charge in [0, 0.05) is 22.9 Å². The summed E-state index contributed by atoms with van der Waals surface area (Å²) < 4.78 is 0. The second-order valence-electron chi connectivity index (χ2n) is 5.18. The van der Waals surface area contributed by atoms with Crippen LogP contribution in [0, 0.1) is 0 Å². The summed E-state index contributed by atoms with van der Waals surface area (Å²) in [6.07, 6.45) is 5.23. The van der Waals surface area contributed by atoms with Crippen molar-refractivity contribution in [3.63, 3.8) is 0 Å². The molecule has 22 heavy (non-hydrogen) atoms. The van der Waals surface area contributed by atoms with Crippen LogP contribution in [0.4, 0.5) is 0 Å². The van der Waals surface area contributed by atoms with Crippen LogP contribution in [-0.2, 0) is 12.8 Å². The Morgan fingerprint density at radius 2 is 2.14 bits per heavy atom. The number of hydrogen-bond donors (Lipinski definition) is 4. The summed E-state index contributed by atoms with van der Waals surface area (Å²) in [6, 6.07) is 4.12. The number of aromatic amines is 1. The number of aromatic hydroxyl groups is 2. The molecule has 1 aliphatic carbocycles. The van der Waals surface area contributed by atoms with Gasteiger partial charge in [-0.1, -0.05) is 0 Å². The van der Waals surface area contributed by atoms with Crippen LogP contribution < -0.4 is 5.43 Å². The lowest BCUT2D eigenvalue weighted by molar-refractivity contribution is 0.0949. The van der Waals surface area contributed by atoms with E-state index in [4.69, 9.17) is 0 Å². The number of nitrogens with one attached hydrogen (secondary N) is 2.